The van der Waals surface area contributed by atoms with Gasteiger partial charge in [-0.3, -0.25) is 14.4 Å². The Hall–Kier alpha value is -1.51. The van der Waals surface area contributed by atoms with Crippen molar-refractivity contribution in [2.45, 2.75) is 33.6 Å². The molecule has 0 saturated carbocycles. The van der Waals surface area contributed by atoms with Crippen LogP contribution in [-0.2, 0) is 28.6 Å². The van der Waals surface area contributed by atoms with Gasteiger partial charge in [0.25, 0.3) is 0 Å². The fourth-order valence-corrected chi connectivity index (χ4v) is 1.65. The molecule has 0 aliphatic heterocycles. The van der Waals surface area contributed by atoms with E-state index in [1.54, 1.807) is 6.92 Å². The number of carbonyl (C=O) groups excluding carboxylic acids is 3. The summed E-state index contributed by atoms with van der Waals surface area (Å²) in [5.74, 6) is -0.0318. The lowest BCUT2D eigenvalue weighted by Gasteiger charge is -2.08. The molecular weight excluding hydrogens is 328 g/mol. The van der Waals surface area contributed by atoms with Gasteiger partial charge in [0, 0.05) is 31.8 Å². The van der Waals surface area contributed by atoms with Crippen molar-refractivity contribution in [1.29, 1.82) is 0 Å². The van der Waals surface area contributed by atoms with Crippen LogP contribution in [0.2, 0.25) is 0 Å². The van der Waals surface area contributed by atoms with Gasteiger partial charge < -0.3 is 24.8 Å². The molecule has 8 heteroatoms. The lowest BCUT2D eigenvalue weighted by Crippen LogP contribution is -2.32. The highest BCUT2D eigenvalue weighted by Gasteiger charge is 2.06. The number of ketones is 1. The molecule has 0 bridgehead atoms. The third kappa shape index (κ3) is 15.7. The molecule has 0 atom stereocenters. The van der Waals surface area contributed by atoms with Crippen LogP contribution in [0.15, 0.2) is 0 Å². The Morgan fingerprint density at radius 2 is 1.36 bits per heavy atom. The predicted molar refractivity (Wildman–Crippen MR) is 93.2 cm³/mol. The maximum atomic E-state index is 11.5. The molecule has 0 rings (SSSR count). The Balaban J connectivity index is 3.30. The van der Waals surface area contributed by atoms with Gasteiger partial charge in [-0.25, -0.2) is 0 Å². The van der Waals surface area contributed by atoms with Crippen molar-refractivity contribution in [2.75, 3.05) is 52.7 Å². The topological polar surface area (TPSA) is 103 Å². The van der Waals surface area contributed by atoms with E-state index < -0.39 is 0 Å². The van der Waals surface area contributed by atoms with E-state index >= 15 is 0 Å². The van der Waals surface area contributed by atoms with Gasteiger partial charge in [-0.1, -0.05) is 20.8 Å². The first kappa shape index (κ1) is 23.5. The molecule has 0 spiro atoms. The summed E-state index contributed by atoms with van der Waals surface area (Å²) < 4.78 is 15.7. The zero-order chi connectivity index (χ0) is 18.9. The zero-order valence-electron chi connectivity index (χ0n) is 15.6. The Morgan fingerprint density at radius 1 is 0.800 bits per heavy atom. The SMILES string of the molecule is CCC(=O)NCCOCC(=O)NCCOCCOCCC(=O)C(C)C. The zero-order valence-corrected chi connectivity index (χ0v) is 15.6. The number of hydrogen-bond acceptors (Lipinski definition) is 6. The minimum Gasteiger partial charge on any atom is -0.379 e. The molecule has 0 heterocycles. The van der Waals surface area contributed by atoms with Crippen LogP contribution in [0.4, 0.5) is 0 Å². The van der Waals surface area contributed by atoms with Crippen molar-refractivity contribution in [3.8, 4) is 0 Å². The highest BCUT2D eigenvalue weighted by atomic mass is 16.5. The standard InChI is InChI=1S/C17H32N2O6/c1-4-16(21)18-7-10-25-13-17(22)19-6-9-24-12-11-23-8-5-15(20)14(2)3/h14H,4-13H2,1-3H3,(H,18,21)(H,19,22). The quantitative estimate of drug-likeness (QED) is 0.384. The summed E-state index contributed by atoms with van der Waals surface area (Å²) >= 11 is 0. The first-order valence-electron chi connectivity index (χ1n) is 8.76. The van der Waals surface area contributed by atoms with Gasteiger partial charge in [0.05, 0.1) is 33.0 Å². The molecule has 25 heavy (non-hydrogen) atoms. The number of amides is 2. The summed E-state index contributed by atoms with van der Waals surface area (Å²) in [6.45, 7) is 8.18. The molecule has 0 saturated heterocycles. The molecule has 2 amide bonds. The third-order valence-electron chi connectivity index (χ3n) is 3.20. The molecule has 0 aromatic heterocycles. The molecule has 2 N–H and O–H groups in total. The average Bonchev–Trinajstić information content (AvgIpc) is 2.59. The molecule has 0 fully saturated rings. The minimum absolute atomic E-state index is 0.0410. The second-order valence-corrected chi connectivity index (χ2v) is 5.70. The van der Waals surface area contributed by atoms with Crippen molar-refractivity contribution < 1.29 is 28.6 Å². The maximum absolute atomic E-state index is 11.5. The lowest BCUT2D eigenvalue weighted by molar-refractivity contribution is -0.126. The average molecular weight is 360 g/mol. The van der Waals surface area contributed by atoms with Crippen LogP contribution in [0.1, 0.15) is 33.6 Å². The van der Waals surface area contributed by atoms with Gasteiger partial charge >= 0.3 is 0 Å². The van der Waals surface area contributed by atoms with Gasteiger partial charge in [-0.05, 0) is 0 Å². The van der Waals surface area contributed by atoms with E-state index in [0.29, 0.717) is 59.0 Å². The second-order valence-electron chi connectivity index (χ2n) is 5.70. The van der Waals surface area contributed by atoms with E-state index in [2.05, 4.69) is 10.6 Å². The summed E-state index contributed by atoms with van der Waals surface area (Å²) in [5, 5.41) is 5.31. The molecule has 0 unspecified atom stereocenters. The smallest absolute Gasteiger partial charge is 0.246 e. The monoisotopic (exact) mass is 360 g/mol. The van der Waals surface area contributed by atoms with Crippen molar-refractivity contribution in [3.63, 3.8) is 0 Å². The van der Waals surface area contributed by atoms with Crippen LogP contribution in [0.25, 0.3) is 0 Å². The molecular formula is C17H32N2O6. The minimum atomic E-state index is -0.228. The van der Waals surface area contributed by atoms with E-state index in [9.17, 15) is 14.4 Å². The highest BCUT2D eigenvalue weighted by Crippen LogP contribution is 1.98. The molecule has 0 aliphatic carbocycles. The number of nitrogens with one attached hydrogen (secondary N) is 2. The predicted octanol–water partition coefficient (Wildman–Crippen LogP) is 0.294. The molecule has 0 aliphatic rings. The summed E-state index contributed by atoms with van der Waals surface area (Å²) in [6.07, 6.45) is 0.859. The fourth-order valence-electron chi connectivity index (χ4n) is 1.65. The molecule has 146 valence electrons. The first-order valence-corrected chi connectivity index (χ1v) is 8.76. The van der Waals surface area contributed by atoms with Gasteiger partial charge in [-0.15, -0.1) is 0 Å². The van der Waals surface area contributed by atoms with Crippen molar-refractivity contribution in [3.05, 3.63) is 0 Å². The van der Waals surface area contributed by atoms with Crippen LogP contribution < -0.4 is 10.6 Å². The summed E-state index contributed by atoms with van der Waals surface area (Å²) in [7, 11) is 0. The summed E-state index contributed by atoms with van der Waals surface area (Å²) in [6, 6.07) is 0. The van der Waals surface area contributed by atoms with Crippen LogP contribution in [0.3, 0.4) is 0 Å². The van der Waals surface area contributed by atoms with Gasteiger partial charge in [0.15, 0.2) is 0 Å². The van der Waals surface area contributed by atoms with Crippen LogP contribution >= 0.6 is 0 Å². The lowest BCUT2D eigenvalue weighted by atomic mass is 10.1. The third-order valence-corrected chi connectivity index (χ3v) is 3.20. The number of ether oxygens (including phenoxy) is 3. The number of hydrogen-bond donors (Lipinski definition) is 2. The van der Waals surface area contributed by atoms with E-state index in [0.717, 1.165) is 0 Å². The van der Waals surface area contributed by atoms with Crippen LogP contribution in [0.5, 0.6) is 0 Å². The molecule has 0 radical (unpaired) electrons. The number of Topliss-reactive ketones (excluding diaryl/α,β-unsaturated/α-hetero) is 1. The summed E-state index contributed by atoms with van der Waals surface area (Å²) in [4.78, 5) is 33.8. The Morgan fingerprint density at radius 3 is 1.96 bits per heavy atom. The maximum Gasteiger partial charge on any atom is 0.246 e. The molecule has 0 aromatic carbocycles. The van der Waals surface area contributed by atoms with Crippen molar-refractivity contribution in [2.24, 2.45) is 5.92 Å². The van der Waals surface area contributed by atoms with E-state index in [1.807, 2.05) is 13.8 Å². The fraction of sp³-hybridized carbons (Fsp3) is 0.824. The largest absolute Gasteiger partial charge is 0.379 e. The Labute approximate surface area is 150 Å². The van der Waals surface area contributed by atoms with Gasteiger partial charge in [0.2, 0.25) is 11.8 Å². The molecule has 8 nitrogen and oxygen atoms in total. The first-order chi connectivity index (χ1) is 12.0. The van der Waals surface area contributed by atoms with Crippen LogP contribution in [-0.4, -0.2) is 70.3 Å². The Bertz CT molecular complexity index is 387. The molecule has 0 aromatic rings. The van der Waals surface area contributed by atoms with E-state index in [4.69, 9.17) is 14.2 Å². The number of rotatable bonds is 16. The summed E-state index contributed by atoms with van der Waals surface area (Å²) in [5.41, 5.74) is 0. The van der Waals surface area contributed by atoms with E-state index in [-0.39, 0.29) is 30.1 Å². The van der Waals surface area contributed by atoms with Crippen molar-refractivity contribution >= 4 is 17.6 Å². The normalized spacial score (nSPS) is 10.7. The second kappa shape index (κ2) is 16.0. The Kier molecular flexibility index (Phi) is 15.0. The van der Waals surface area contributed by atoms with E-state index in [1.165, 1.54) is 0 Å². The highest BCUT2D eigenvalue weighted by molar-refractivity contribution is 5.80. The number of carbonyl (C=O) groups is 3. The van der Waals surface area contributed by atoms with Gasteiger partial charge in [-0.2, -0.15) is 0 Å². The van der Waals surface area contributed by atoms with Crippen LogP contribution in [0, 0.1) is 5.92 Å². The van der Waals surface area contributed by atoms with Gasteiger partial charge in [0.1, 0.15) is 12.4 Å². The van der Waals surface area contributed by atoms with Crippen molar-refractivity contribution in [1.82, 2.24) is 10.6 Å².